The summed E-state index contributed by atoms with van der Waals surface area (Å²) in [5, 5.41) is 7.01. The van der Waals surface area contributed by atoms with E-state index in [1.165, 1.54) is 0 Å². The number of nitrogens with zero attached hydrogens (tertiary/aromatic N) is 2. The van der Waals surface area contributed by atoms with Gasteiger partial charge in [0.15, 0.2) is 0 Å². The van der Waals surface area contributed by atoms with Gasteiger partial charge < -0.3 is 11.1 Å². The van der Waals surface area contributed by atoms with Gasteiger partial charge >= 0.3 is 0 Å². The van der Waals surface area contributed by atoms with Crippen LogP contribution in [0, 0.1) is 5.41 Å². The standard InChI is InChI=1S/C15H20N4O/c1-15(2,3)13(16)14(20)18-11-6-4-7-12(10-11)19-9-5-8-17-19/h4-10,13H,16H2,1-3H3,(H,18,20). The minimum absolute atomic E-state index is 0.185. The lowest BCUT2D eigenvalue weighted by atomic mass is 9.87. The molecule has 0 aliphatic heterocycles. The number of nitrogens with one attached hydrogen (secondary N) is 1. The Labute approximate surface area is 118 Å². The SMILES string of the molecule is CC(C)(C)C(N)C(=O)Nc1cccc(-n2cccn2)c1. The molecule has 0 aliphatic carbocycles. The zero-order valence-corrected chi connectivity index (χ0v) is 12.0. The van der Waals surface area contributed by atoms with Gasteiger partial charge in [-0.05, 0) is 29.7 Å². The van der Waals surface area contributed by atoms with E-state index in [0.717, 1.165) is 5.69 Å². The molecule has 0 fully saturated rings. The van der Waals surface area contributed by atoms with Crippen molar-refractivity contribution >= 4 is 11.6 Å². The molecule has 0 bridgehead atoms. The molecule has 1 aromatic heterocycles. The van der Waals surface area contributed by atoms with Crippen molar-refractivity contribution in [3.05, 3.63) is 42.7 Å². The number of hydrogen-bond acceptors (Lipinski definition) is 3. The largest absolute Gasteiger partial charge is 0.325 e. The lowest BCUT2D eigenvalue weighted by Gasteiger charge is -2.25. The summed E-state index contributed by atoms with van der Waals surface area (Å²) in [6.07, 6.45) is 3.56. The normalized spacial score (nSPS) is 13.0. The number of carbonyl (C=O) groups is 1. The predicted molar refractivity (Wildman–Crippen MR) is 79.6 cm³/mol. The molecule has 1 unspecified atom stereocenters. The summed E-state index contributed by atoms with van der Waals surface area (Å²) < 4.78 is 1.74. The van der Waals surface area contributed by atoms with Crippen molar-refractivity contribution in [1.29, 1.82) is 0 Å². The van der Waals surface area contributed by atoms with Crippen molar-refractivity contribution < 1.29 is 4.79 Å². The number of benzene rings is 1. The van der Waals surface area contributed by atoms with Gasteiger partial charge in [-0.25, -0.2) is 4.68 Å². The van der Waals surface area contributed by atoms with Crippen LogP contribution in [0.5, 0.6) is 0 Å². The molecule has 2 aromatic rings. The molecule has 5 heteroatoms. The molecule has 0 saturated heterocycles. The topological polar surface area (TPSA) is 72.9 Å². The third-order valence-electron chi connectivity index (χ3n) is 3.10. The Hall–Kier alpha value is -2.14. The van der Waals surface area contributed by atoms with Gasteiger partial charge in [0.2, 0.25) is 5.91 Å². The quantitative estimate of drug-likeness (QED) is 0.899. The Bertz CT molecular complexity index is 584. The minimum atomic E-state index is -0.559. The zero-order chi connectivity index (χ0) is 14.8. The molecule has 1 amide bonds. The molecule has 0 radical (unpaired) electrons. The van der Waals surface area contributed by atoms with Crippen molar-refractivity contribution in [2.45, 2.75) is 26.8 Å². The molecule has 20 heavy (non-hydrogen) atoms. The summed E-state index contributed by atoms with van der Waals surface area (Å²) in [5.74, 6) is -0.185. The predicted octanol–water partition coefficient (Wildman–Crippen LogP) is 2.18. The van der Waals surface area contributed by atoms with E-state index in [9.17, 15) is 4.79 Å². The Morgan fingerprint density at radius 2 is 2.10 bits per heavy atom. The van der Waals surface area contributed by atoms with E-state index >= 15 is 0 Å². The van der Waals surface area contributed by atoms with Crippen LogP contribution in [-0.4, -0.2) is 21.7 Å². The van der Waals surface area contributed by atoms with Gasteiger partial charge in [0, 0.05) is 18.1 Å². The van der Waals surface area contributed by atoms with Crippen LogP contribution in [0.3, 0.4) is 0 Å². The highest BCUT2D eigenvalue weighted by molar-refractivity contribution is 5.95. The fourth-order valence-corrected chi connectivity index (χ4v) is 1.76. The van der Waals surface area contributed by atoms with Crippen LogP contribution < -0.4 is 11.1 Å². The molecule has 0 spiro atoms. The number of nitrogens with two attached hydrogens (primary N) is 1. The minimum Gasteiger partial charge on any atom is -0.325 e. The van der Waals surface area contributed by atoms with Gasteiger partial charge in [0.25, 0.3) is 0 Å². The van der Waals surface area contributed by atoms with Crippen LogP contribution in [-0.2, 0) is 4.79 Å². The molecule has 3 N–H and O–H groups in total. The van der Waals surface area contributed by atoms with Crippen molar-refractivity contribution in [2.24, 2.45) is 11.1 Å². The van der Waals surface area contributed by atoms with Gasteiger partial charge in [-0.2, -0.15) is 5.10 Å². The highest BCUT2D eigenvalue weighted by atomic mass is 16.2. The molecule has 1 aromatic carbocycles. The first kappa shape index (κ1) is 14.3. The van der Waals surface area contributed by atoms with Crippen molar-refractivity contribution in [3.8, 4) is 5.69 Å². The average molecular weight is 272 g/mol. The fraction of sp³-hybridized carbons (Fsp3) is 0.333. The molecule has 5 nitrogen and oxygen atoms in total. The maximum absolute atomic E-state index is 12.1. The first-order valence-electron chi connectivity index (χ1n) is 6.54. The van der Waals surface area contributed by atoms with E-state index in [0.29, 0.717) is 5.69 Å². The van der Waals surface area contributed by atoms with E-state index in [1.54, 1.807) is 10.9 Å². The van der Waals surface area contributed by atoms with E-state index in [1.807, 2.05) is 57.3 Å². The Kier molecular flexibility index (Phi) is 3.90. The lowest BCUT2D eigenvalue weighted by molar-refractivity contribution is -0.119. The first-order valence-corrected chi connectivity index (χ1v) is 6.54. The summed E-state index contributed by atoms with van der Waals surface area (Å²) >= 11 is 0. The van der Waals surface area contributed by atoms with Crippen LogP contribution >= 0.6 is 0 Å². The Morgan fingerprint density at radius 3 is 2.70 bits per heavy atom. The number of amides is 1. The number of hydrogen-bond donors (Lipinski definition) is 2. The van der Waals surface area contributed by atoms with Gasteiger partial charge in [0.05, 0.1) is 11.7 Å². The lowest BCUT2D eigenvalue weighted by Crippen LogP contribution is -2.45. The Balaban J connectivity index is 2.15. The molecule has 0 aliphatic rings. The molecular formula is C15H20N4O. The average Bonchev–Trinajstić information content (AvgIpc) is 2.91. The van der Waals surface area contributed by atoms with Crippen molar-refractivity contribution in [2.75, 3.05) is 5.32 Å². The third-order valence-corrected chi connectivity index (χ3v) is 3.10. The highest BCUT2D eigenvalue weighted by Crippen LogP contribution is 2.20. The molecular weight excluding hydrogens is 252 g/mol. The smallest absolute Gasteiger partial charge is 0.241 e. The van der Waals surface area contributed by atoms with Crippen molar-refractivity contribution in [3.63, 3.8) is 0 Å². The first-order chi connectivity index (χ1) is 9.38. The van der Waals surface area contributed by atoms with Gasteiger partial charge in [-0.3, -0.25) is 4.79 Å². The second kappa shape index (κ2) is 5.46. The monoisotopic (exact) mass is 272 g/mol. The van der Waals surface area contributed by atoms with E-state index in [4.69, 9.17) is 5.73 Å². The van der Waals surface area contributed by atoms with Crippen LogP contribution in [0.4, 0.5) is 5.69 Å². The summed E-state index contributed by atoms with van der Waals surface area (Å²) in [5.41, 5.74) is 7.27. The maximum atomic E-state index is 12.1. The fourth-order valence-electron chi connectivity index (χ4n) is 1.76. The van der Waals surface area contributed by atoms with Crippen LogP contribution in [0.2, 0.25) is 0 Å². The van der Waals surface area contributed by atoms with Gasteiger partial charge in [-0.15, -0.1) is 0 Å². The van der Waals surface area contributed by atoms with E-state index in [2.05, 4.69) is 10.4 Å². The number of aromatic nitrogens is 2. The number of carbonyl (C=O) groups excluding carboxylic acids is 1. The van der Waals surface area contributed by atoms with Crippen molar-refractivity contribution in [1.82, 2.24) is 9.78 Å². The summed E-state index contributed by atoms with van der Waals surface area (Å²) in [6, 6.07) is 8.78. The number of anilines is 1. The third kappa shape index (κ3) is 3.24. The molecule has 2 rings (SSSR count). The maximum Gasteiger partial charge on any atom is 0.241 e. The molecule has 0 saturated carbocycles. The molecule has 1 atom stereocenters. The van der Waals surface area contributed by atoms with Gasteiger partial charge in [0.1, 0.15) is 0 Å². The second-order valence-electron chi connectivity index (χ2n) is 5.83. The molecule has 106 valence electrons. The van der Waals surface area contributed by atoms with Crippen LogP contribution in [0.15, 0.2) is 42.7 Å². The van der Waals surface area contributed by atoms with Crippen LogP contribution in [0.1, 0.15) is 20.8 Å². The number of rotatable bonds is 3. The molecule has 1 heterocycles. The Morgan fingerprint density at radius 1 is 1.35 bits per heavy atom. The second-order valence-corrected chi connectivity index (χ2v) is 5.83. The summed E-state index contributed by atoms with van der Waals surface area (Å²) in [7, 11) is 0. The summed E-state index contributed by atoms with van der Waals surface area (Å²) in [6.45, 7) is 5.83. The van der Waals surface area contributed by atoms with E-state index in [-0.39, 0.29) is 11.3 Å². The van der Waals surface area contributed by atoms with Gasteiger partial charge in [-0.1, -0.05) is 26.8 Å². The zero-order valence-electron chi connectivity index (χ0n) is 12.0. The van der Waals surface area contributed by atoms with E-state index < -0.39 is 6.04 Å². The summed E-state index contributed by atoms with van der Waals surface area (Å²) in [4.78, 5) is 12.1. The highest BCUT2D eigenvalue weighted by Gasteiger charge is 2.27. The van der Waals surface area contributed by atoms with Crippen LogP contribution in [0.25, 0.3) is 5.69 Å².